The molecule has 6 nitrogen and oxygen atoms in total. The normalized spacial score (nSPS) is 11.5. The molecule has 3 heterocycles. The standard InChI is InChI=1S/C45H26N6/c46-27-28-13-20-40-37(23-28)38-26-36(18-21-41(38)51(40)42-22-19-31-9-5-6-12-39(31)47-42)45-49-43(34-16-14-29-7-1-3-10-32(29)24-34)48-44(50-45)35-17-15-30-8-2-4-11-33(30)25-35/h1-26H. The SMILES string of the molecule is N#Cc1ccc2c(c1)c1cc(-c3nc(-c4ccc5ccccc5c4)nc(-c4ccc5ccccc5c4)n3)ccc1n2-c1ccc2ccccc2n1. The lowest BCUT2D eigenvalue weighted by Crippen LogP contribution is -2.00. The summed E-state index contributed by atoms with van der Waals surface area (Å²) in [6, 6.07) is 55.9. The fourth-order valence-electron chi connectivity index (χ4n) is 7.08. The summed E-state index contributed by atoms with van der Waals surface area (Å²) in [6.45, 7) is 0. The van der Waals surface area contributed by atoms with E-state index in [1.54, 1.807) is 0 Å². The van der Waals surface area contributed by atoms with Crippen LogP contribution in [0.5, 0.6) is 0 Å². The van der Waals surface area contributed by atoms with Gasteiger partial charge in [0, 0.05) is 32.8 Å². The second-order valence-electron chi connectivity index (χ2n) is 12.7. The summed E-state index contributed by atoms with van der Waals surface area (Å²) >= 11 is 0. The minimum atomic E-state index is 0.569. The molecule has 0 radical (unpaired) electrons. The van der Waals surface area contributed by atoms with E-state index in [0.29, 0.717) is 23.0 Å². The molecule has 51 heavy (non-hydrogen) atoms. The van der Waals surface area contributed by atoms with Gasteiger partial charge >= 0.3 is 0 Å². The Labute approximate surface area is 292 Å². The van der Waals surface area contributed by atoms with Gasteiger partial charge in [-0.1, -0.05) is 91.0 Å². The number of rotatable bonds is 4. The number of pyridine rings is 1. The fraction of sp³-hybridized carbons (Fsp3) is 0. The van der Waals surface area contributed by atoms with Crippen molar-refractivity contribution in [3.63, 3.8) is 0 Å². The van der Waals surface area contributed by atoms with Crippen molar-refractivity contribution < 1.29 is 0 Å². The lowest BCUT2D eigenvalue weighted by atomic mass is 10.0. The van der Waals surface area contributed by atoms with Crippen molar-refractivity contribution in [2.45, 2.75) is 0 Å². The zero-order chi connectivity index (χ0) is 33.9. The van der Waals surface area contributed by atoms with E-state index in [1.165, 1.54) is 0 Å². The maximum absolute atomic E-state index is 9.86. The summed E-state index contributed by atoms with van der Waals surface area (Å²) < 4.78 is 2.16. The Bertz CT molecular complexity index is 2960. The van der Waals surface area contributed by atoms with E-state index in [-0.39, 0.29) is 0 Å². The van der Waals surface area contributed by atoms with Crippen LogP contribution in [0.1, 0.15) is 5.56 Å². The van der Waals surface area contributed by atoms with E-state index in [9.17, 15) is 5.26 Å². The van der Waals surface area contributed by atoms with Crippen molar-refractivity contribution in [1.29, 1.82) is 5.26 Å². The maximum atomic E-state index is 9.86. The van der Waals surface area contributed by atoms with Crippen LogP contribution >= 0.6 is 0 Å². The highest BCUT2D eigenvalue weighted by Crippen LogP contribution is 2.36. The van der Waals surface area contributed by atoms with E-state index < -0.39 is 0 Å². The van der Waals surface area contributed by atoms with Gasteiger partial charge in [-0.25, -0.2) is 19.9 Å². The molecular weight excluding hydrogens is 625 g/mol. The highest BCUT2D eigenvalue weighted by atomic mass is 15.1. The molecule has 0 spiro atoms. The zero-order valence-electron chi connectivity index (χ0n) is 27.2. The van der Waals surface area contributed by atoms with Gasteiger partial charge in [0.25, 0.3) is 0 Å². The molecule has 0 aliphatic carbocycles. The molecule has 7 aromatic carbocycles. The number of benzene rings is 7. The first-order chi connectivity index (χ1) is 25.2. The Morgan fingerprint density at radius 2 is 0.902 bits per heavy atom. The monoisotopic (exact) mass is 650 g/mol. The summed E-state index contributed by atoms with van der Waals surface area (Å²) in [4.78, 5) is 20.3. The molecule has 236 valence electrons. The van der Waals surface area contributed by atoms with Crippen molar-refractivity contribution >= 4 is 54.3 Å². The Morgan fingerprint density at radius 3 is 1.53 bits per heavy atom. The molecule has 0 aliphatic rings. The van der Waals surface area contributed by atoms with Crippen molar-refractivity contribution in [1.82, 2.24) is 24.5 Å². The molecular formula is C45H26N6. The Hall–Kier alpha value is -7.23. The predicted octanol–water partition coefficient (Wildman–Crippen LogP) is 10.7. The molecule has 3 aromatic heterocycles. The first-order valence-corrected chi connectivity index (χ1v) is 16.8. The fourth-order valence-corrected chi connectivity index (χ4v) is 7.08. The highest BCUT2D eigenvalue weighted by Gasteiger charge is 2.18. The van der Waals surface area contributed by atoms with Crippen molar-refractivity contribution in [2.24, 2.45) is 0 Å². The summed E-state index contributed by atoms with van der Waals surface area (Å²) in [5.74, 6) is 2.58. The van der Waals surface area contributed by atoms with Crippen LogP contribution in [0.3, 0.4) is 0 Å². The molecule has 0 N–H and O–H groups in total. The van der Waals surface area contributed by atoms with Gasteiger partial charge in [0.15, 0.2) is 17.5 Å². The van der Waals surface area contributed by atoms with Crippen molar-refractivity contribution in [3.05, 3.63) is 163 Å². The Balaban J connectivity index is 1.20. The smallest absolute Gasteiger partial charge is 0.164 e. The molecule has 10 rings (SSSR count). The molecule has 0 bridgehead atoms. The van der Waals surface area contributed by atoms with Crippen LogP contribution in [0, 0.1) is 11.3 Å². The first-order valence-electron chi connectivity index (χ1n) is 16.8. The largest absolute Gasteiger partial charge is 0.294 e. The van der Waals surface area contributed by atoms with E-state index in [4.69, 9.17) is 19.9 Å². The zero-order valence-corrected chi connectivity index (χ0v) is 27.2. The third kappa shape index (κ3) is 4.87. The third-order valence-corrected chi connectivity index (χ3v) is 9.62. The molecule has 0 aliphatic heterocycles. The summed E-state index contributed by atoms with van der Waals surface area (Å²) in [5.41, 5.74) is 6.13. The van der Waals surface area contributed by atoms with Crippen LogP contribution in [0.15, 0.2) is 158 Å². The average molecular weight is 651 g/mol. The summed E-state index contributed by atoms with van der Waals surface area (Å²) in [6.07, 6.45) is 0. The maximum Gasteiger partial charge on any atom is 0.164 e. The van der Waals surface area contributed by atoms with Gasteiger partial charge in [0.05, 0.1) is 28.2 Å². The number of hydrogen-bond donors (Lipinski definition) is 0. The van der Waals surface area contributed by atoms with Gasteiger partial charge in [-0.15, -0.1) is 0 Å². The number of hydrogen-bond acceptors (Lipinski definition) is 5. The molecule has 10 aromatic rings. The third-order valence-electron chi connectivity index (χ3n) is 9.62. The number of nitrogens with zero attached hydrogens (tertiary/aromatic N) is 6. The van der Waals surface area contributed by atoms with Gasteiger partial charge in [-0.05, 0) is 88.3 Å². The molecule has 0 fully saturated rings. The van der Waals surface area contributed by atoms with E-state index in [2.05, 4.69) is 102 Å². The van der Waals surface area contributed by atoms with E-state index in [0.717, 1.165) is 76.8 Å². The Morgan fingerprint density at radius 1 is 0.412 bits per heavy atom. The lowest BCUT2D eigenvalue weighted by Gasteiger charge is -2.11. The highest BCUT2D eigenvalue weighted by molar-refractivity contribution is 6.10. The molecule has 0 saturated heterocycles. The number of fused-ring (bicyclic) bond motifs is 6. The van der Waals surface area contributed by atoms with E-state index in [1.807, 2.05) is 66.7 Å². The second-order valence-corrected chi connectivity index (χ2v) is 12.7. The van der Waals surface area contributed by atoms with Crippen LogP contribution in [-0.2, 0) is 0 Å². The molecule has 6 heteroatoms. The van der Waals surface area contributed by atoms with Gasteiger partial charge in [-0.3, -0.25) is 4.57 Å². The summed E-state index contributed by atoms with van der Waals surface area (Å²) in [5, 5.41) is 17.4. The molecule has 0 atom stereocenters. The minimum absolute atomic E-state index is 0.569. The van der Waals surface area contributed by atoms with Gasteiger partial charge in [-0.2, -0.15) is 5.26 Å². The van der Waals surface area contributed by atoms with Crippen LogP contribution in [-0.4, -0.2) is 24.5 Å². The van der Waals surface area contributed by atoms with Crippen molar-refractivity contribution in [3.8, 4) is 46.1 Å². The number of para-hydroxylation sites is 1. The van der Waals surface area contributed by atoms with Gasteiger partial charge in [0.2, 0.25) is 0 Å². The van der Waals surface area contributed by atoms with Crippen LogP contribution in [0.2, 0.25) is 0 Å². The molecule has 0 amide bonds. The topological polar surface area (TPSA) is 80.3 Å². The Kier molecular flexibility index (Phi) is 6.45. The minimum Gasteiger partial charge on any atom is -0.294 e. The van der Waals surface area contributed by atoms with Gasteiger partial charge in [0.1, 0.15) is 5.82 Å². The van der Waals surface area contributed by atoms with Crippen LogP contribution in [0.4, 0.5) is 0 Å². The van der Waals surface area contributed by atoms with Gasteiger partial charge < -0.3 is 0 Å². The van der Waals surface area contributed by atoms with Crippen molar-refractivity contribution in [2.75, 3.05) is 0 Å². The van der Waals surface area contributed by atoms with E-state index >= 15 is 0 Å². The average Bonchev–Trinajstić information content (AvgIpc) is 3.53. The molecule has 0 saturated carbocycles. The van der Waals surface area contributed by atoms with Crippen LogP contribution < -0.4 is 0 Å². The molecule has 0 unspecified atom stereocenters. The van der Waals surface area contributed by atoms with Crippen LogP contribution in [0.25, 0.3) is 94.2 Å². The summed E-state index contributed by atoms with van der Waals surface area (Å²) in [7, 11) is 0. The predicted molar refractivity (Wildman–Crippen MR) is 206 cm³/mol. The number of nitriles is 1. The number of aromatic nitrogens is 5. The quantitative estimate of drug-likeness (QED) is 0.189. The lowest BCUT2D eigenvalue weighted by molar-refractivity contribution is 1.07. The first kappa shape index (κ1) is 28.8. The second kappa shape index (κ2) is 11.4.